The Morgan fingerprint density at radius 3 is 0.766 bits per heavy atom. The molecule has 0 aromatic heterocycles. The molecule has 0 unspecified atom stereocenters. The number of hydrogen-bond acceptors (Lipinski definition) is 2. The number of rotatable bonds is 12. The van der Waals surface area contributed by atoms with Gasteiger partial charge in [0.25, 0.3) is 0 Å². The van der Waals surface area contributed by atoms with E-state index in [1.54, 1.807) is 0 Å². The SMILES string of the molecule is Cc1ccc(N(c2ccc(-c3ccc(-c4cc[c]([Ge]([c]5ccccc5)([c]5ccccc5)[c]5ccccc5)cc4)cc3)cc2)c2ccc(N(c3ccccc3)c3ccccc3)cc2)cc1. The van der Waals surface area contributed by atoms with Gasteiger partial charge in [-0.25, -0.2) is 0 Å². The van der Waals surface area contributed by atoms with Crippen LogP contribution in [0.3, 0.4) is 0 Å². The van der Waals surface area contributed by atoms with Crippen LogP contribution in [0, 0.1) is 6.92 Å². The molecule has 10 aromatic rings. The Labute approximate surface area is 380 Å². The van der Waals surface area contributed by atoms with Gasteiger partial charge in [-0.05, 0) is 67.6 Å². The average molecular weight is 882 g/mol. The fraction of sp³-hybridized carbons (Fsp3) is 0.0164. The maximum Gasteiger partial charge on any atom is 0.0463 e. The predicted molar refractivity (Wildman–Crippen MR) is 275 cm³/mol. The third-order valence-corrected chi connectivity index (χ3v) is 22.4. The van der Waals surface area contributed by atoms with Crippen molar-refractivity contribution in [2.75, 3.05) is 9.80 Å². The van der Waals surface area contributed by atoms with Gasteiger partial charge in [0.1, 0.15) is 0 Å². The van der Waals surface area contributed by atoms with Gasteiger partial charge in [0.05, 0.1) is 0 Å². The molecule has 0 spiro atoms. The van der Waals surface area contributed by atoms with E-state index in [0.29, 0.717) is 0 Å². The van der Waals surface area contributed by atoms with Crippen molar-refractivity contribution >= 4 is 65.0 Å². The van der Waals surface area contributed by atoms with Gasteiger partial charge in [-0.2, -0.15) is 0 Å². The van der Waals surface area contributed by atoms with Gasteiger partial charge in [0.2, 0.25) is 0 Å². The molecule has 0 atom stereocenters. The summed E-state index contributed by atoms with van der Waals surface area (Å²) < 4.78 is 5.70. The van der Waals surface area contributed by atoms with Crippen LogP contribution in [0.1, 0.15) is 5.56 Å². The molecular weight excluding hydrogens is 833 g/mol. The Balaban J connectivity index is 0.936. The van der Waals surface area contributed by atoms with Crippen molar-refractivity contribution in [3.63, 3.8) is 0 Å². The van der Waals surface area contributed by atoms with Crippen molar-refractivity contribution in [3.8, 4) is 22.3 Å². The van der Waals surface area contributed by atoms with Gasteiger partial charge in [0, 0.05) is 28.4 Å². The number of hydrogen-bond donors (Lipinski definition) is 0. The minimum Gasteiger partial charge on any atom is -0.311 e. The number of anilines is 6. The molecule has 10 aromatic carbocycles. The molecule has 0 bridgehead atoms. The fourth-order valence-corrected chi connectivity index (χ4v) is 19.1. The summed E-state index contributed by atoms with van der Waals surface area (Å²) >= 11 is -3.31. The van der Waals surface area contributed by atoms with E-state index in [4.69, 9.17) is 0 Å². The summed E-state index contributed by atoms with van der Waals surface area (Å²) in [6, 6.07) is 99.7. The molecule has 0 fully saturated rings. The first-order valence-corrected chi connectivity index (χ1v) is 26.2. The van der Waals surface area contributed by atoms with Crippen molar-refractivity contribution < 1.29 is 0 Å². The normalized spacial score (nSPS) is 11.2. The quantitative estimate of drug-likeness (QED) is 0.113. The van der Waals surface area contributed by atoms with E-state index in [2.05, 4.69) is 290 Å². The smallest absolute Gasteiger partial charge is 0.0463 e. The summed E-state index contributed by atoms with van der Waals surface area (Å²) in [4.78, 5) is 4.63. The summed E-state index contributed by atoms with van der Waals surface area (Å²) in [6.07, 6.45) is 0. The van der Waals surface area contributed by atoms with Gasteiger partial charge < -0.3 is 9.80 Å². The van der Waals surface area contributed by atoms with Crippen LogP contribution < -0.4 is 27.4 Å². The molecule has 0 N–H and O–H groups in total. The Kier molecular flexibility index (Phi) is 11.6. The topological polar surface area (TPSA) is 6.48 Å². The molecule has 0 amide bonds. The fourth-order valence-electron chi connectivity index (χ4n) is 9.13. The second-order valence-electron chi connectivity index (χ2n) is 16.2. The third-order valence-electron chi connectivity index (χ3n) is 12.3. The molecule has 306 valence electrons. The van der Waals surface area contributed by atoms with Crippen LogP contribution in [0.5, 0.6) is 0 Å². The molecular formula is C61H48GeN2. The number of benzene rings is 10. The van der Waals surface area contributed by atoms with Crippen LogP contribution in [0.2, 0.25) is 0 Å². The molecule has 0 saturated heterocycles. The van der Waals surface area contributed by atoms with Crippen LogP contribution in [0.4, 0.5) is 34.1 Å². The maximum absolute atomic E-state index is 3.31. The van der Waals surface area contributed by atoms with Crippen LogP contribution >= 0.6 is 0 Å². The van der Waals surface area contributed by atoms with E-state index < -0.39 is 13.3 Å². The molecule has 0 aliphatic heterocycles. The van der Waals surface area contributed by atoms with E-state index in [1.807, 2.05) is 0 Å². The standard InChI is InChI=1S/C61H48GeN2/c1-47-27-39-58(40-28-47)64(61-45-43-60(44-46-61)63(56-23-13-5-14-24-56)57-25-15-6-16-26-57)59-41-35-51(36-42-59)49-31-29-48(30-32-49)50-33-37-55(38-34-50)62(52-17-7-2-8-18-52,53-19-9-3-10-20-53)54-21-11-4-12-22-54/h2-46H,1H3. The van der Waals surface area contributed by atoms with E-state index in [0.717, 1.165) is 34.1 Å². The van der Waals surface area contributed by atoms with Crippen molar-refractivity contribution in [2.45, 2.75) is 6.92 Å². The van der Waals surface area contributed by atoms with E-state index in [1.165, 1.54) is 45.4 Å². The van der Waals surface area contributed by atoms with Gasteiger partial charge in [-0.1, -0.05) is 54.1 Å². The minimum atomic E-state index is -3.31. The first kappa shape index (κ1) is 40.4. The Bertz CT molecular complexity index is 2890. The van der Waals surface area contributed by atoms with E-state index in [9.17, 15) is 0 Å². The van der Waals surface area contributed by atoms with Crippen LogP contribution in [0.25, 0.3) is 22.3 Å². The second kappa shape index (κ2) is 18.4. The minimum absolute atomic E-state index is 1.09. The first-order valence-electron chi connectivity index (χ1n) is 22.0. The average Bonchev–Trinajstić information content (AvgIpc) is 3.38. The number of aryl methyl sites for hydroxylation is 1. The molecule has 64 heavy (non-hydrogen) atoms. The summed E-state index contributed by atoms with van der Waals surface area (Å²) in [5.74, 6) is 0. The molecule has 10 rings (SSSR count). The van der Waals surface area contributed by atoms with E-state index >= 15 is 0 Å². The zero-order chi connectivity index (χ0) is 43.1. The largest absolute Gasteiger partial charge is 0.311 e. The van der Waals surface area contributed by atoms with Crippen molar-refractivity contribution in [2.24, 2.45) is 0 Å². The maximum atomic E-state index is 2.39. The van der Waals surface area contributed by atoms with E-state index in [-0.39, 0.29) is 0 Å². The van der Waals surface area contributed by atoms with Crippen LogP contribution in [-0.2, 0) is 0 Å². The molecule has 3 heteroatoms. The summed E-state index contributed by atoms with van der Waals surface area (Å²) in [5, 5.41) is 0. The molecule has 0 saturated carbocycles. The first-order chi connectivity index (χ1) is 31.6. The molecule has 0 aliphatic carbocycles. The van der Waals surface area contributed by atoms with Crippen LogP contribution in [-0.4, -0.2) is 13.3 Å². The Morgan fingerprint density at radius 1 is 0.219 bits per heavy atom. The predicted octanol–water partition coefficient (Wildman–Crippen LogP) is 13.6. The van der Waals surface area contributed by atoms with Gasteiger partial charge in [-0.15, -0.1) is 0 Å². The summed E-state index contributed by atoms with van der Waals surface area (Å²) in [6.45, 7) is 2.14. The second-order valence-corrected chi connectivity index (χ2v) is 24.2. The molecule has 0 heterocycles. The summed E-state index contributed by atoms with van der Waals surface area (Å²) in [7, 11) is 0. The zero-order valence-corrected chi connectivity index (χ0v) is 38.0. The Morgan fingerprint density at radius 2 is 0.438 bits per heavy atom. The monoisotopic (exact) mass is 882 g/mol. The third kappa shape index (κ3) is 8.08. The number of para-hydroxylation sites is 2. The number of nitrogens with zero attached hydrogens (tertiary/aromatic N) is 2. The summed E-state index contributed by atoms with van der Waals surface area (Å²) in [5.41, 5.74) is 12.7. The molecule has 2 nitrogen and oxygen atoms in total. The van der Waals surface area contributed by atoms with Crippen molar-refractivity contribution in [1.82, 2.24) is 0 Å². The molecule has 0 aliphatic rings. The van der Waals surface area contributed by atoms with Gasteiger partial charge in [-0.3, -0.25) is 0 Å². The zero-order valence-electron chi connectivity index (χ0n) is 35.9. The van der Waals surface area contributed by atoms with Crippen molar-refractivity contribution in [1.29, 1.82) is 0 Å². The van der Waals surface area contributed by atoms with Crippen LogP contribution in [0.15, 0.2) is 273 Å². The molecule has 0 radical (unpaired) electrons. The Hall–Kier alpha value is -7.66. The van der Waals surface area contributed by atoms with Crippen molar-refractivity contribution in [3.05, 3.63) is 279 Å². The van der Waals surface area contributed by atoms with Gasteiger partial charge >= 0.3 is 223 Å². The van der Waals surface area contributed by atoms with Gasteiger partial charge in [0.15, 0.2) is 0 Å².